The zero-order valence-corrected chi connectivity index (χ0v) is 17.4. The Balaban J connectivity index is 0.000000954. The number of benzene rings is 1. The standard InChI is InChI=1S/C17H24N2O4.C2H2N2O4/c1-3-4-5-6-7-8-12-22-16(20)18-19-17(21)23-15-11-9-10-14(2)13-15;5-1(6)3-4-2(7)8/h9-11,13H,3-8,12H2,1-2H3;(H,5,6)(H,7,8). The molecule has 4 amide bonds. The van der Waals surface area contributed by atoms with Gasteiger partial charge in [0.2, 0.25) is 0 Å². The van der Waals surface area contributed by atoms with E-state index in [-0.39, 0.29) is 6.61 Å². The van der Waals surface area contributed by atoms with Crippen molar-refractivity contribution in [1.29, 1.82) is 0 Å². The average Bonchev–Trinajstić information content (AvgIpc) is 2.70. The number of nitrogens with zero attached hydrogens (tertiary/aromatic N) is 4. The van der Waals surface area contributed by atoms with Crippen molar-refractivity contribution >= 4 is 24.4 Å². The monoisotopic (exact) mass is 438 g/mol. The normalized spacial score (nSPS) is 10.4. The van der Waals surface area contributed by atoms with Gasteiger partial charge in [-0.05, 0) is 31.0 Å². The summed E-state index contributed by atoms with van der Waals surface area (Å²) in [6.07, 6.45) is 1.51. The second kappa shape index (κ2) is 17.2. The van der Waals surface area contributed by atoms with Crippen molar-refractivity contribution in [2.45, 2.75) is 52.4 Å². The molecule has 1 rings (SSSR count). The van der Waals surface area contributed by atoms with E-state index in [1.165, 1.54) is 19.3 Å². The summed E-state index contributed by atoms with van der Waals surface area (Å²) < 4.78 is 9.78. The van der Waals surface area contributed by atoms with Gasteiger partial charge >= 0.3 is 24.4 Å². The van der Waals surface area contributed by atoms with Gasteiger partial charge in [-0.3, -0.25) is 0 Å². The summed E-state index contributed by atoms with van der Waals surface area (Å²) in [5, 5.41) is 26.2. The number of ether oxygens (including phenoxy) is 2. The molecule has 12 heteroatoms. The Kier molecular flexibility index (Phi) is 15.1. The van der Waals surface area contributed by atoms with Crippen LogP contribution in [0.5, 0.6) is 5.75 Å². The first-order chi connectivity index (χ1) is 14.7. The van der Waals surface area contributed by atoms with Crippen LogP contribution >= 0.6 is 0 Å². The van der Waals surface area contributed by atoms with Gasteiger partial charge in [0.05, 0.1) is 6.61 Å². The second-order valence-electron chi connectivity index (χ2n) is 6.03. The molecule has 0 unspecified atom stereocenters. The van der Waals surface area contributed by atoms with E-state index in [0.717, 1.165) is 24.8 Å². The maximum Gasteiger partial charge on any atom is 0.458 e. The molecule has 0 heterocycles. The van der Waals surface area contributed by atoms with E-state index in [4.69, 9.17) is 19.7 Å². The fraction of sp³-hybridized carbons (Fsp3) is 0.474. The molecule has 0 aromatic heterocycles. The maximum atomic E-state index is 11.4. The van der Waals surface area contributed by atoms with E-state index in [0.29, 0.717) is 5.75 Å². The quantitative estimate of drug-likeness (QED) is 0.354. The van der Waals surface area contributed by atoms with Gasteiger partial charge < -0.3 is 19.7 Å². The van der Waals surface area contributed by atoms with Crippen LogP contribution in [0.2, 0.25) is 0 Å². The molecular formula is C19H26N4O8. The molecule has 0 atom stereocenters. The minimum absolute atomic E-state index is 0.289. The van der Waals surface area contributed by atoms with Gasteiger partial charge in [-0.25, -0.2) is 19.2 Å². The molecule has 0 fully saturated rings. The Morgan fingerprint density at radius 2 is 1.42 bits per heavy atom. The molecule has 0 saturated carbocycles. The summed E-state index contributed by atoms with van der Waals surface area (Å²) in [6, 6.07) is 6.93. The highest BCUT2D eigenvalue weighted by Gasteiger charge is 2.05. The molecule has 0 aliphatic heterocycles. The number of hydrogen-bond donors (Lipinski definition) is 2. The van der Waals surface area contributed by atoms with Crippen LogP contribution in [0.25, 0.3) is 0 Å². The van der Waals surface area contributed by atoms with Crippen molar-refractivity contribution in [1.82, 2.24) is 0 Å². The lowest BCUT2D eigenvalue weighted by Crippen LogP contribution is -2.04. The average molecular weight is 438 g/mol. The van der Waals surface area contributed by atoms with Crippen LogP contribution in [0.1, 0.15) is 51.0 Å². The highest BCUT2D eigenvalue weighted by Crippen LogP contribution is 2.13. The Morgan fingerprint density at radius 1 is 0.839 bits per heavy atom. The van der Waals surface area contributed by atoms with Crippen molar-refractivity contribution in [3.63, 3.8) is 0 Å². The topological polar surface area (TPSA) is 177 Å². The van der Waals surface area contributed by atoms with E-state index in [1.807, 2.05) is 13.0 Å². The van der Waals surface area contributed by atoms with E-state index in [2.05, 4.69) is 27.4 Å². The number of carboxylic acid groups (broad SMARTS) is 2. The predicted molar refractivity (Wildman–Crippen MR) is 108 cm³/mol. The Morgan fingerprint density at radius 3 is 2.00 bits per heavy atom. The molecule has 0 aliphatic carbocycles. The van der Waals surface area contributed by atoms with Gasteiger partial charge in [-0.1, -0.05) is 71.6 Å². The van der Waals surface area contributed by atoms with Gasteiger partial charge in [-0.2, -0.15) is 0 Å². The van der Waals surface area contributed by atoms with Crippen molar-refractivity contribution in [2.75, 3.05) is 6.61 Å². The third-order valence-corrected chi connectivity index (χ3v) is 3.35. The summed E-state index contributed by atoms with van der Waals surface area (Å²) in [5.41, 5.74) is 0.950. The first-order valence-corrected chi connectivity index (χ1v) is 9.49. The zero-order valence-electron chi connectivity index (χ0n) is 17.4. The summed E-state index contributed by atoms with van der Waals surface area (Å²) in [4.78, 5) is 41.5. The lowest BCUT2D eigenvalue weighted by atomic mass is 10.1. The van der Waals surface area contributed by atoms with Crippen LogP contribution in [0.3, 0.4) is 0 Å². The van der Waals surface area contributed by atoms with Crippen molar-refractivity contribution < 1.29 is 38.9 Å². The van der Waals surface area contributed by atoms with Crippen molar-refractivity contribution in [3.8, 4) is 5.75 Å². The van der Waals surface area contributed by atoms with Gasteiger partial charge in [-0.15, -0.1) is 0 Å². The van der Waals surface area contributed by atoms with Crippen LogP contribution in [-0.2, 0) is 4.74 Å². The molecule has 0 radical (unpaired) electrons. The van der Waals surface area contributed by atoms with E-state index < -0.39 is 24.4 Å². The summed E-state index contributed by atoms with van der Waals surface area (Å²) in [6.45, 7) is 4.33. The van der Waals surface area contributed by atoms with Crippen molar-refractivity contribution in [3.05, 3.63) is 29.8 Å². The molecular weight excluding hydrogens is 412 g/mol. The summed E-state index contributed by atoms with van der Waals surface area (Å²) in [5.74, 6) is 0.356. The molecule has 0 spiro atoms. The first-order valence-electron chi connectivity index (χ1n) is 9.49. The molecule has 0 bridgehead atoms. The zero-order chi connectivity index (χ0) is 23.5. The lowest BCUT2D eigenvalue weighted by Gasteiger charge is -2.01. The van der Waals surface area contributed by atoms with Gasteiger partial charge in [0.25, 0.3) is 0 Å². The molecule has 170 valence electrons. The highest BCUT2D eigenvalue weighted by atomic mass is 16.6. The number of carbonyl (C=O) groups is 4. The second-order valence-corrected chi connectivity index (χ2v) is 6.03. The minimum atomic E-state index is -1.62. The molecule has 1 aromatic rings. The maximum absolute atomic E-state index is 11.4. The first kappa shape index (κ1) is 27.3. The number of azo groups is 2. The third-order valence-electron chi connectivity index (χ3n) is 3.35. The fourth-order valence-electron chi connectivity index (χ4n) is 2.04. The van der Waals surface area contributed by atoms with Crippen LogP contribution < -0.4 is 4.74 Å². The van der Waals surface area contributed by atoms with Gasteiger partial charge in [0, 0.05) is 0 Å². The predicted octanol–water partition coefficient (Wildman–Crippen LogP) is 6.24. The molecule has 31 heavy (non-hydrogen) atoms. The molecule has 0 aliphatic rings. The lowest BCUT2D eigenvalue weighted by molar-refractivity contribution is 0.151. The van der Waals surface area contributed by atoms with Gasteiger partial charge in [0.15, 0.2) is 0 Å². The number of amides is 4. The molecule has 1 aromatic carbocycles. The highest BCUT2D eigenvalue weighted by molar-refractivity contribution is 5.74. The summed E-state index contributed by atoms with van der Waals surface area (Å²) in [7, 11) is 0. The summed E-state index contributed by atoms with van der Waals surface area (Å²) >= 11 is 0. The van der Waals surface area contributed by atoms with E-state index >= 15 is 0 Å². The van der Waals surface area contributed by atoms with E-state index in [1.54, 1.807) is 18.2 Å². The largest absolute Gasteiger partial charge is 0.462 e. The number of hydrogen-bond acceptors (Lipinski definition) is 6. The number of rotatable bonds is 8. The fourth-order valence-corrected chi connectivity index (χ4v) is 2.04. The number of unbranched alkanes of at least 4 members (excludes halogenated alkanes) is 5. The number of carbonyl (C=O) groups excluding carboxylic acids is 2. The van der Waals surface area contributed by atoms with Crippen LogP contribution in [-0.4, -0.2) is 41.2 Å². The minimum Gasteiger partial charge on any atom is -0.462 e. The molecule has 12 nitrogen and oxygen atoms in total. The van der Waals surface area contributed by atoms with Crippen LogP contribution in [0.4, 0.5) is 19.2 Å². The molecule has 0 saturated heterocycles. The molecule has 2 N–H and O–H groups in total. The third kappa shape index (κ3) is 18.1. The number of aryl methyl sites for hydroxylation is 1. The SMILES string of the molecule is CCCCCCCCOC(=O)N=NC(=O)Oc1cccc(C)c1.O=C(O)N=NC(=O)O. The van der Waals surface area contributed by atoms with Crippen LogP contribution in [0.15, 0.2) is 44.7 Å². The Hall–Kier alpha value is -3.70. The van der Waals surface area contributed by atoms with E-state index in [9.17, 15) is 19.2 Å². The Bertz CT molecular complexity index is 764. The van der Waals surface area contributed by atoms with Crippen molar-refractivity contribution in [2.24, 2.45) is 20.5 Å². The van der Waals surface area contributed by atoms with Gasteiger partial charge in [0.1, 0.15) is 5.75 Å². The smallest absolute Gasteiger partial charge is 0.458 e. The van der Waals surface area contributed by atoms with Crippen LogP contribution in [0, 0.1) is 6.92 Å². The Labute approximate surface area is 179 Å².